The molecule has 0 unspecified atom stereocenters. The Morgan fingerprint density at radius 2 is 1.81 bits per heavy atom. The highest BCUT2D eigenvalue weighted by Crippen LogP contribution is 2.17. The molecule has 0 radical (unpaired) electrons. The minimum atomic E-state index is -0.732. The average molecular weight is 374 g/mol. The minimum absolute atomic E-state index is 0.0855. The largest absolute Gasteiger partial charge is 0.497 e. The SMILES string of the molecule is COc1cccc(CNC(=O)COC(=O)COc2ccc([N+](=O)[O-])cc2)c1. The normalized spacial score (nSPS) is 9.96. The molecule has 0 heterocycles. The number of benzene rings is 2. The summed E-state index contributed by atoms with van der Waals surface area (Å²) in [6.07, 6.45) is 0. The summed E-state index contributed by atoms with van der Waals surface area (Å²) in [6, 6.07) is 12.4. The van der Waals surface area contributed by atoms with E-state index in [1.165, 1.54) is 24.3 Å². The van der Waals surface area contributed by atoms with Gasteiger partial charge in [-0.3, -0.25) is 14.9 Å². The number of hydrogen-bond acceptors (Lipinski definition) is 7. The van der Waals surface area contributed by atoms with E-state index >= 15 is 0 Å². The predicted octanol–water partition coefficient (Wildman–Crippen LogP) is 1.84. The molecule has 142 valence electrons. The number of rotatable bonds is 9. The molecule has 0 aliphatic carbocycles. The van der Waals surface area contributed by atoms with E-state index in [4.69, 9.17) is 14.2 Å². The molecule has 0 spiro atoms. The molecule has 2 aromatic rings. The van der Waals surface area contributed by atoms with Gasteiger partial charge in [-0.05, 0) is 29.8 Å². The first-order chi connectivity index (χ1) is 13.0. The van der Waals surface area contributed by atoms with E-state index in [2.05, 4.69) is 5.32 Å². The molecule has 2 rings (SSSR count). The first-order valence-electron chi connectivity index (χ1n) is 7.90. The van der Waals surface area contributed by atoms with Crippen LogP contribution in [0.2, 0.25) is 0 Å². The third kappa shape index (κ3) is 6.65. The average Bonchev–Trinajstić information content (AvgIpc) is 2.69. The van der Waals surface area contributed by atoms with Gasteiger partial charge >= 0.3 is 5.97 Å². The number of nitrogens with one attached hydrogen (secondary N) is 1. The zero-order valence-electron chi connectivity index (χ0n) is 14.5. The van der Waals surface area contributed by atoms with Crippen LogP contribution in [-0.2, 0) is 20.9 Å². The van der Waals surface area contributed by atoms with Gasteiger partial charge in [0.05, 0.1) is 12.0 Å². The third-order valence-electron chi connectivity index (χ3n) is 3.39. The van der Waals surface area contributed by atoms with E-state index in [1.807, 2.05) is 6.07 Å². The summed E-state index contributed by atoms with van der Waals surface area (Å²) >= 11 is 0. The van der Waals surface area contributed by atoms with Crippen LogP contribution < -0.4 is 14.8 Å². The number of hydrogen-bond donors (Lipinski definition) is 1. The van der Waals surface area contributed by atoms with Crippen LogP contribution in [0.4, 0.5) is 5.69 Å². The Labute approximate surface area is 155 Å². The number of ether oxygens (including phenoxy) is 3. The zero-order valence-corrected chi connectivity index (χ0v) is 14.5. The van der Waals surface area contributed by atoms with E-state index < -0.39 is 30.0 Å². The summed E-state index contributed by atoms with van der Waals surface area (Å²) in [6.45, 7) is -0.583. The summed E-state index contributed by atoms with van der Waals surface area (Å²) in [5.74, 6) is -0.233. The van der Waals surface area contributed by atoms with Crippen LogP contribution in [0.3, 0.4) is 0 Å². The number of non-ortho nitro benzene ring substituents is 1. The van der Waals surface area contributed by atoms with Crippen LogP contribution in [0.15, 0.2) is 48.5 Å². The highest BCUT2D eigenvalue weighted by atomic mass is 16.6. The van der Waals surface area contributed by atoms with Crippen LogP contribution >= 0.6 is 0 Å². The van der Waals surface area contributed by atoms with Gasteiger partial charge in [-0.1, -0.05) is 12.1 Å². The van der Waals surface area contributed by atoms with E-state index in [0.717, 1.165) is 5.56 Å². The van der Waals surface area contributed by atoms with Crippen molar-refractivity contribution < 1.29 is 28.7 Å². The number of nitro groups is 1. The molecule has 2 aromatic carbocycles. The van der Waals surface area contributed by atoms with Crippen molar-refractivity contribution in [1.82, 2.24) is 5.32 Å². The Morgan fingerprint density at radius 1 is 1.07 bits per heavy atom. The van der Waals surface area contributed by atoms with Crippen molar-refractivity contribution in [2.24, 2.45) is 0 Å². The Bertz CT molecular complexity index is 806. The number of amides is 1. The van der Waals surface area contributed by atoms with Gasteiger partial charge in [-0.25, -0.2) is 4.79 Å². The maximum absolute atomic E-state index is 11.7. The lowest BCUT2D eigenvalue weighted by Crippen LogP contribution is -2.29. The lowest BCUT2D eigenvalue weighted by Gasteiger charge is -2.08. The van der Waals surface area contributed by atoms with Gasteiger partial charge in [0.1, 0.15) is 11.5 Å². The van der Waals surface area contributed by atoms with Crippen LogP contribution in [0.1, 0.15) is 5.56 Å². The van der Waals surface area contributed by atoms with Gasteiger partial charge in [0.2, 0.25) is 0 Å². The number of nitrogens with zero attached hydrogens (tertiary/aromatic N) is 1. The predicted molar refractivity (Wildman–Crippen MR) is 94.4 cm³/mol. The van der Waals surface area contributed by atoms with Crippen molar-refractivity contribution in [2.75, 3.05) is 20.3 Å². The van der Waals surface area contributed by atoms with Gasteiger partial charge in [-0.2, -0.15) is 0 Å². The van der Waals surface area contributed by atoms with Crippen molar-refractivity contribution in [3.63, 3.8) is 0 Å². The molecule has 1 amide bonds. The highest BCUT2D eigenvalue weighted by Gasteiger charge is 2.10. The molecule has 0 fully saturated rings. The number of methoxy groups -OCH3 is 1. The van der Waals surface area contributed by atoms with E-state index in [1.54, 1.807) is 25.3 Å². The summed E-state index contributed by atoms with van der Waals surface area (Å²) in [7, 11) is 1.55. The Morgan fingerprint density at radius 3 is 2.48 bits per heavy atom. The molecule has 0 saturated heterocycles. The second-order valence-corrected chi connectivity index (χ2v) is 5.33. The molecule has 0 saturated carbocycles. The number of esters is 1. The third-order valence-corrected chi connectivity index (χ3v) is 3.39. The number of nitro benzene ring substituents is 1. The molecule has 27 heavy (non-hydrogen) atoms. The monoisotopic (exact) mass is 374 g/mol. The molecule has 0 aliphatic rings. The molecular formula is C18H18N2O7. The minimum Gasteiger partial charge on any atom is -0.497 e. The zero-order chi connectivity index (χ0) is 19.6. The number of carbonyl (C=O) groups is 2. The number of carbonyl (C=O) groups excluding carboxylic acids is 2. The van der Waals surface area contributed by atoms with Crippen molar-refractivity contribution in [3.8, 4) is 11.5 Å². The smallest absolute Gasteiger partial charge is 0.344 e. The Balaban J connectivity index is 1.68. The van der Waals surface area contributed by atoms with Gasteiger partial charge < -0.3 is 19.5 Å². The molecule has 9 nitrogen and oxygen atoms in total. The fourth-order valence-electron chi connectivity index (χ4n) is 2.03. The summed E-state index contributed by atoms with van der Waals surface area (Å²) in [5.41, 5.74) is 0.758. The van der Waals surface area contributed by atoms with Crippen molar-refractivity contribution in [1.29, 1.82) is 0 Å². The van der Waals surface area contributed by atoms with Crippen LogP contribution in [0.25, 0.3) is 0 Å². The molecule has 0 bridgehead atoms. The van der Waals surface area contributed by atoms with Crippen LogP contribution in [-0.4, -0.2) is 37.1 Å². The molecule has 0 aliphatic heterocycles. The lowest BCUT2D eigenvalue weighted by atomic mass is 10.2. The molecular weight excluding hydrogens is 356 g/mol. The van der Waals surface area contributed by atoms with Crippen LogP contribution in [0, 0.1) is 10.1 Å². The van der Waals surface area contributed by atoms with Gasteiger partial charge in [0.15, 0.2) is 13.2 Å². The molecule has 1 N–H and O–H groups in total. The van der Waals surface area contributed by atoms with Gasteiger partial charge in [0, 0.05) is 18.7 Å². The first kappa shape index (κ1) is 19.7. The summed E-state index contributed by atoms with van der Waals surface area (Å²) in [5, 5.41) is 13.2. The quantitative estimate of drug-likeness (QED) is 0.404. The maximum atomic E-state index is 11.7. The Kier molecular flexibility index (Phi) is 7.12. The molecule has 0 atom stereocenters. The van der Waals surface area contributed by atoms with Crippen LogP contribution in [0.5, 0.6) is 11.5 Å². The first-order valence-corrected chi connectivity index (χ1v) is 7.90. The van der Waals surface area contributed by atoms with Crippen molar-refractivity contribution in [3.05, 3.63) is 64.2 Å². The standard InChI is InChI=1S/C18H18N2O7/c1-25-16-4-2-3-13(9-16)10-19-17(21)11-27-18(22)12-26-15-7-5-14(6-8-15)20(23)24/h2-9H,10-12H2,1H3,(H,19,21). The van der Waals surface area contributed by atoms with E-state index in [9.17, 15) is 19.7 Å². The molecule has 0 aromatic heterocycles. The fraction of sp³-hybridized carbons (Fsp3) is 0.222. The fourth-order valence-corrected chi connectivity index (χ4v) is 2.03. The van der Waals surface area contributed by atoms with E-state index in [0.29, 0.717) is 5.75 Å². The van der Waals surface area contributed by atoms with Gasteiger partial charge in [-0.15, -0.1) is 0 Å². The maximum Gasteiger partial charge on any atom is 0.344 e. The van der Waals surface area contributed by atoms with Crippen molar-refractivity contribution >= 4 is 17.6 Å². The highest BCUT2D eigenvalue weighted by molar-refractivity contribution is 5.80. The Hall–Kier alpha value is -3.62. The molecule has 9 heteroatoms. The summed E-state index contributed by atoms with van der Waals surface area (Å²) < 4.78 is 15.1. The second-order valence-electron chi connectivity index (χ2n) is 5.33. The lowest BCUT2D eigenvalue weighted by molar-refractivity contribution is -0.384. The summed E-state index contributed by atoms with van der Waals surface area (Å²) in [4.78, 5) is 33.3. The topological polar surface area (TPSA) is 117 Å². The van der Waals surface area contributed by atoms with Gasteiger partial charge in [0.25, 0.3) is 11.6 Å². The second kappa shape index (κ2) is 9.76. The van der Waals surface area contributed by atoms with E-state index in [-0.39, 0.29) is 18.0 Å². The van der Waals surface area contributed by atoms with Crippen molar-refractivity contribution in [2.45, 2.75) is 6.54 Å².